The van der Waals surface area contributed by atoms with Gasteiger partial charge in [-0.2, -0.15) is 5.10 Å². The third-order valence-electron chi connectivity index (χ3n) is 3.66. The zero-order valence-corrected chi connectivity index (χ0v) is 12.8. The van der Waals surface area contributed by atoms with Gasteiger partial charge in [0.1, 0.15) is 11.9 Å². The van der Waals surface area contributed by atoms with E-state index in [9.17, 15) is 4.79 Å². The number of carbonyl (C=O) groups excluding carboxylic acids is 1. The fourth-order valence-corrected chi connectivity index (χ4v) is 2.41. The first-order chi connectivity index (χ1) is 11.0. The lowest BCUT2D eigenvalue weighted by Gasteiger charge is -2.07. The third-order valence-corrected chi connectivity index (χ3v) is 3.66. The average Bonchev–Trinajstić information content (AvgIpc) is 2.94. The molecule has 0 bridgehead atoms. The number of rotatable bonds is 3. The summed E-state index contributed by atoms with van der Waals surface area (Å²) in [4.78, 5) is 20.1. The second-order valence-electron chi connectivity index (χ2n) is 5.25. The molecule has 1 atom stereocenters. The van der Waals surface area contributed by atoms with E-state index in [0.29, 0.717) is 11.2 Å². The molecule has 0 fully saturated rings. The average molecular weight is 305 g/mol. The predicted molar refractivity (Wildman–Crippen MR) is 87.6 cm³/mol. The highest BCUT2D eigenvalue weighted by molar-refractivity contribution is 6.05. The Morgan fingerprint density at radius 1 is 1.30 bits per heavy atom. The minimum Gasteiger partial charge on any atom is -0.364 e. The molecule has 1 amide bonds. The number of primary amides is 1. The summed E-state index contributed by atoms with van der Waals surface area (Å²) in [6.45, 7) is 3.66. The van der Waals surface area contributed by atoms with Crippen molar-refractivity contribution in [2.24, 2.45) is 5.73 Å². The van der Waals surface area contributed by atoms with E-state index in [4.69, 9.17) is 12.2 Å². The Bertz CT molecular complexity index is 934. The SMILES string of the molecule is C#CC(C)n1nc(C(N)=O)c2cc(-c3cnc(C)nc3)ccc21. The van der Waals surface area contributed by atoms with Crippen molar-refractivity contribution in [1.82, 2.24) is 19.7 Å². The minimum absolute atomic E-state index is 0.206. The molecule has 0 saturated heterocycles. The van der Waals surface area contributed by atoms with Gasteiger partial charge in [-0.3, -0.25) is 4.79 Å². The third kappa shape index (κ3) is 2.53. The highest BCUT2D eigenvalue weighted by Gasteiger charge is 2.18. The number of carbonyl (C=O) groups is 1. The van der Waals surface area contributed by atoms with Gasteiger partial charge in [-0.15, -0.1) is 6.42 Å². The van der Waals surface area contributed by atoms with Crippen molar-refractivity contribution in [3.63, 3.8) is 0 Å². The first-order valence-electron chi connectivity index (χ1n) is 7.08. The number of nitrogens with two attached hydrogens (primary N) is 1. The van der Waals surface area contributed by atoms with E-state index >= 15 is 0 Å². The van der Waals surface area contributed by atoms with Gasteiger partial charge in [0.15, 0.2) is 5.69 Å². The van der Waals surface area contributed by atoms with Crippen LogP contribution in [0.3, 0.4) is 0 Å². The molecule has 6 heteroatoms. The fourth-order valence-electron chi connectivity index (χ4n) is 2.41. The van der Waals surface area contributed by atoms with Gasteiger partial charge >= 0.3 is 0 Å². The maximum Gasteiger partial charge on any atom is 0.269 e. The molecule has 0 aliphatic carbocycles. The minimum atomic E-state index is -0.588. The Kier molecular flexibility index (Phi) is 3.54. The number of benzene rings is 1. The summed E-state index contributed by atoms with van der Waals surface area (Å²) >= 11 is 0. The normalized spacial score (nSPS) is 12.0. The van der Waals surface area contributed by atoms with E-state index in [2.05, 4.69) is 21.0 Å². The number of aromatic nitrogens is 4. The van der Waals surface area contributed by atoms with Crippen molar-refractivity contribution < 1.29 is 4.79 Å². The molecule has 114 valence electrons. The molecule has 3 aromatic rings. The number of hydrogen-bond donors (Lipinski definition) is 1. The molecule has 2 heterocycles. The number of terminal acetylenes is 1. The summed E-state index contributed by atoms with van der Waals surface area (Å²) < 4.78 is 1.63. The second-order valence-corrected chi connectivity index (χ2v) is 5.25. The monoisotopic (exact) mass is 305 g/mol. The van der Waals surface area contributed by atoms with Crippen LogP contribution in [0.25, 0.3) is 22.0 Å². The molecular formula is C17H15N5O. The van der Waals surface area contributed by atoms with Crippen LogP contribution in [-0.4, -0.2) is 25.7 Å². The van der Waals surface area contributed by atoms with Crippen molar-refractivity contribution >= 4 is 16.8 Å². The van der Waals surface area contributed by atoms with E-state index < -0.39 is 5.91 Å². The Hall–Kier alpha value is -3.20. The van der Waals surface area contributed by atoms with Crippen molar-refractivity contribution in [3.05, 3.63) is 42.1 Å². The molecule has 1 aromatic carbocycles. The van der Waals surface area contributed by atoms with Gasteiger partial charge in [0.2, 0.25) is 0 Å². The largest absolute Gasteiger partial charge is 0.364 e. The van der Waals surface area contributed by atoms with E-state index in [-0.39, 0.29) is 11.7 Å². The van der Waals surface area contributed by atoms with Crippen molar-refractivity contribution in [2.75, 3.05) is 0 Å². The lowest BCUT2D eigenvalue weighted by atomic mass is 10.1. The molecular weight excluding hydrogens is 290 g/mol. The van der Waals surface area contributed by atoms with Crippen molar-refractivity contribution in [1.29, 1.82) is 0 Å². The van der Waals surface area contributed by atoms with Crippen molar-refractivity contribution in [2.45, 2.75) is 19.9 Å². The summed E-state index contributed by atoms with van der Waals surface area (Å²) in [5.74, 6) is 2.72. The zero-order valence-electron chi connectivity index (χ0n) is 12.8. The predicted octanol–water partition coefficient (Wildman–Crippen LogP) is 2.09. The van der Waals surface area contributed by atoms with Crippen molar-refractivity contribution in [3.8, 4) is 23.5 Å². The maximum absolute atomic E-state index is 11.7. The van der Waals surface area contributed by atoms with E-state index in [1.165, 1.54) is 0 Å². The summed E-state index contributed by atoms with van der Waals surface area (Å²) in [6, 6.07) is 5.37. The van der Waals surface area contributed by atoms with Crippen LogP contribution in [0.15, 0.2) is 30.6 Å². The van der Waals surface area contributed by atoms with Gasteiger partial charge in [-0.25, -0.2) is 14.6 Å². The molecule has 0 radical (unpaired) electrons. The summed E-state index contributed by atoms with van der Waals surface area (Å²) in [5, 5.41) is 4.94. The van der Waals surface area contributed by atoms with Crippen LogP contribution < -0.4 is 5.73 Å². The molecule has 2 N–H and O–H groups in total. The lowest BCUT2D eigenvalue weighted by molar-refractivity contribution is 0.0996. The molecule has 1 unspecified atom stereocenters. The van der Waals surface area contributed by atoms with Crippen LogP contribution >= 0.6 is 0 Å². The Morgan fingerprint density at radius 2 is 2.00 bits per heavy atom. The molecule has 6 nitrogen and oxygen atoms in total. The molecule has 0 saturated carbocycles. The Balaban J connectivity index is 2.23. The topological polar surface area (TPSA) is 86.7 Å². The molecule has 0 aliphatic rings. The van der Waals surface area contributed by atoms with Gasteiger partial charge in [-0.05, 0) is 31.5 Å². The van der Waals surface area contributed by atoms with Crippen LogP contribution in [0.4, 0.5) is 0 Å². The van der Waals surface area contributed by atoms with Crippen LogP contribution in [0.2, 0.25) is 0 Å². The second kappa shape index (κ2) is 5.54. The van der Waals surface area contributed by atoms with Crippen LogP contribution in [0, 0.1) is 19.3 Å². The van der Waals surface area contributed by atoms with Crippen LogP contribution in [0.5, 0.6) is 0 Å². The van der Waals surface area contributed by atoms with Gasteiger partial charge in [0.05, 0.1) is 5.52 Å². The molecule has 23 heavy (non-hydrogen) atoms. The number of aryl methyl sites for hydroxylation is 1. The van der Waals surface area contributed by atoms with E-state index in [1.807, 2.05) is 32.0 Å². The molecule has 3 rings (SSSR count). The number of fused-ring (bicyclic) bond motifs is 1. The first-order valence-corrected chi connectivity index (χ1v) is 7.08. The number of amides is 1. The molecule has 0 aliphatic heterocycles. The zero-order chi connectivity index (χ0) is 16.6. The van der Waals surface area contributed by atoms with Gasteiger partial charge in [-0.1, -0.05) is 12.0 Å². The van der Waals surface area contributed by atoms with Gasteiger partial charge in [0, 0.05) is 23.3 Å². The van der Waals surface area contributed by atoms with Gasteiger partial charge in [0.25, 0.3) is 5.91 Å². The van der Waals surface area contributed by atoms with Gasteiger partial charge < -0.3 is 5.73 Å². The first kappa shape index (κ1) is 14.7. The number of nitrogens with zero attached hydrogens (tertiary/aromatic N) is 4. The lowest BCUT2D eigenvalue weighted by Crippen LogP contribution is -2.13. The quantitative estimate of drug-likeness (QED) is 0.751. The highest BCUT2D eigenvalue weighted by atomic mass is 16.1. The fraction of sp³-hybridized carbons (Fsp3) is 0.176. The van der Waals surface area contributed by atoms with Crippen LogP contribution in [-0.2, 0) is 0 Å². The molecule has 2 aromatic heterocycles. The van der Waals surface area contributed by atoms with E-state index in [1.54, 1.807) is 17.1 Å². The van der Waals surface area contributed by atoms with Crippen LogP contribution in [0.1, 0.15) is 29.3 Å². The highest BCUT2D eigenvalue weighted by Crippen LogP contribution is 2.27. The number of hydrogen-bond acceptors (Lipinski definition) is 4. The smallest absolute Gasteiger partial charge is 0.269 e. The standard InChI is InChI=1S/C17H15N5O/c1-4-10(2)22-15-6-5-12(13-8-19-11(3)20-9-13)7-14(15)16(21-22)17(18)23/h1,5-10H,2-3H3,(H2,18,23). The summed E-state index contributed by atoms with van der Waals surface area (Å²) in [6.07, 6.45) is 8.95. The summed E-state index contributed by atoms with van der Waals surface area (Å²) in [5.41, 5.74) is 8.16. The van der Waals surface area contributed by atoms with E-state index in [0.717, 1.165) is 16.6 Å². The summed E-state index contributed by atoms with van der Waals surface area (Å²) in [7, 11) is 0. The Labute approximate surface area is 133 Å². The molecule has 0 spiro atoms. The Morgan fingerprint density at radius 3 is 2.61 bits per heavy atom. The maximum atomic E-state index is 11.7.